The molecule has 0 spiro atoms. The minimum Gasteiger partial charge on any atom is -0.357 e. The van der Waals surface area contributed by atoms with Crippen LogP contribution in [0.4, 0.5) is 13.2 Å². The maximum Gasteiger partial charge on any atom is 0.434 e. The molecular weight excluding hydrogens is 486 g/mol. The number of nitrogens with zero attached hydrogens (tertiary/aromatic N) is 4. The number of aryl methyl sites for hydroxylation is 1. The van der Waals surface area contributed by atoms with Gasteiger partial charge in [0, 0.05) is 24.4 Å². The van der Waals surface area contributed by atoms with Gasteiger partial charge in [-0.25, -0.2) is 15.0 Å². The van der Waals surface area contributed by atoms with Crippen LogP contribution in [0.15, 0.2) is 15.8 Å². The highest BCUT2D eigenvalue weighted by atomic mass is 127. The molecule has 140 valence electrons. The molecule has 0 radical (unpaired) electrons. The van der Waals surface area contributed by atoms with E-state index in [1.54, 1.807) is 11.3 Å². The monoisotopic (exact) mass is 505 g/mol. The van der Waals surface area contributed by atoms with Crippen LogP contribution in [-0.4, -0.2) is 34.4 Å². The number of hydrogen-bond donors (Lipinski definition) is 1. The van der Waals surface area contributed by atoms with Gasteiger partial charge in [-0.05, 0) is 13.8 Å². The van der Waals surface area contributed by atoms with Crippen molar-refractivity contribution in [3.8, 4) is 0 Å². The molecule has 2 heterocycles. The van der Waals surface area contributed by atoms with Crippen molar-refractivity contribution in [2.24, 2.45) is 4.99 Å². The maximum absolute atomic E-state index is 12.6. The van der Waals surface area contributed by atoms with Gasteiger partial charge in [-0.3, -0.25) is 0 Å². The normalized spacial score (nSPS) is 12.0. The Bertz CT molecular complexity index is 699. The van der Waals surface area contributed by atoms with Crippen LogP contribution in [0.25, 0.3) is 0 Å². The van der Waals surface area contributed by atoms with E-state index >= 15 is 0 Å². The lowest BCUT2D eigenvalue weighted by molar-refractivity contribution is -0.140. The molecule has 0 amide bonds. The predicted molar refractivity (Wildman–Crippen MR) is 106 cm³/mol. The first kappa shape index (κ1) is 22.1. The first-order chi connectivity index (χ1) is 11.3. The van der Waals surface area contributed by atoms with Crippen LogP contribution < -0.4 is 5.32 Å². The third-order valence-electron chi connectivity index (χ3n) is 2.97. The van der Waals surface area contributed by atoms with Gasteiger partial charge in [-0.1, -0.05) is 0 Å². The van der Waals surface area contributed by atoms with Crippen LogP contribution in [0.1, 0.15) is 28.3 Å². The van der Waals surface area contributed by atoms with Crippen molar-refractivity contribution < 1.29 is 13.2 Å². The zero-order chi connectivity index (χ0) is 17.7. The Kier molecular flexibility index (Phi) is 8.54. The lowest BCUT2D eigenvalue weighted by Crippen LogP contribution is -2.38. The third kappa shape index (κ3) is 6.70. The second kappa shape index (κ2) is 9.67. The Hall–Kier alpha value is -0.950. The summed E-state index contributed by atoms with van der Waals surface area (Å²) >= 11 is 2.53. The number of aromatic nitrogens is 2. The summed E-state index contributed by atoms with van der Waals surface area (Å²) in [5.74, 6) is 0.604. The molecule has 0 aliphatic carbocycles. The van der Waals surface area contributed by atoms with Crippen LogP contribution in [0.2, 0.25) is 0 Å². The molecule has 0 aliphatic rings. The minimum absolute atomic E-state index is 0. The van der Waals surface area contributed by atoms with E-state index in [0.29, 0.717) is 24.1 Å². The minimum atomic E-state index is -4.41. The van der Waals surface area contributed by atoms with Gasteiger partial charge in [-0.2, -0.15) is 13.2 Å². The maximum atomic E-state index is 12.6. The second-order valence-electron chi connectivity index (χ2n) is 5.01. The number of rotatable bonds is 5. The average Bonchev–Trinajstić information content (AvgIpc) is 3.12. The van der Waals surface area contributed by atoms with Gasteiger partial charge in [0.1, 0.15) is 5.01 Å². The van der Waals surface area contributed by atoms with E-state index in [-0.39, 0.29) is 30.5 Å². The van der Waals surface area contributed by atoms with Gasteiger partial charge in [-0.15, -0.1) is 46.7 Å². The molecule has 1 N–H and O–H groups in total. The van der Waals surface area contributed by atoms with Crippen molar-refractivity contribution in [1.29, 1.82) is 0 Å². The molecule has 0 saturated heterocycles. The van der Waals surface area contributed by atoms with Crippen LogP contribution in [-0.2, 0) is 19.3 Å². The number of hydrogen-bond acceptors (Lipinski definition) is 5. The van der Waals surface area contributed by atoms with Gasteiger partial charge in [0.15, 0.2) is 11.7 Å². The summed E-state index contributed by atoms with van der Waals surface area (Å²) in [5.41, 5.74) is 0.0632. The second-order valence-corrected chi connectivity index (χ2v) is 7.01. The van der Waals surface area contributed by atoms with E-state index in [0.717, 1.165) is 27.4 Å². The van der Waals surface area contributed by atoms with Gasteiger partial charge in [0.05, 0.1) is 23.8 Å². The molecule has 5 nitrogen and oxygen atoms in total. The summed E-state index contributed by atoms with van der Waals surface area (Å²) in [5, 5.41) is 7.43. The number of aliphatic imine (C=N–C) groups is 1. The molecule has 2 rings (SSSR count). The molecule has 0 unspecified atom stereocenters. The van der Waals surface area contributed by atoms with Crippen LogP contribution in [0, 0.1) is 6.92 Å². The summed E-state index contributed by atoms with van der Waals surface area (Å²) in [6.45, 7) is 5.20. The van der Waals surface area contributed by atoms with Gasteiger partial charge >= 0.3 is 6.18 Å². The zero-order valence-corrected chi connectivity index (χ0v) is 17.9. The van der Waals surface area contributed by atoms with Crippen molar-refractivity contribution in [2.75, 3.05) is 13.6 Å². The molecule has 0 atom stereocenters. The lowest BCUT2D eigenvalue weighted by atomic mass is 10.4. The van der Waals surface area contributed by atoms with Crippen molar-refractivity contribution in [2.45, 2.75) is 33.1 Å². The number of thiazole rings is 2. The highest BCUT2D eigenvalue weighted by Gasteiger charge is 2.33. The van der Waals surface area contributed by atoms with Gasteiger partial charge < -0.3 is 10.2 Å². The molecule has 25 heavy (non-hydrogen) atoms. The molecule has 0 aliphatic heterocycles. The van der Waals surface area contributed by atoms with E-state index in [9.17, 15) is 13.2 Å². The summed E-state index contributed by atoms with van der Waals surface area (Å²) in [4.78, 5) is 14.2. The summed E-state index contributed by atoms with van der Waals surface area (Å²) in [6.07, 6.45) is -4.41. The summed E-state index contributed by atoms with van der Waals surface area (Å²) in [7, 11) is 1.86. The molecule has 0 bridgehead atoms. The van der Waals surface area contributed by atoms with Gasteiger partial charge in [0.25, 0.3) is 0 Å². The average molecular weight is 505 g/mol. The fraction of sp³-hybridized carbons (Fsp3) is 0.500. The Morgan fingerprint density at radius 1 is 1.28 bits per heavy atom. The molecule has 0 aromatic carbocycles. The van der Waals surface area contributed by atoms with Crippen LogP contribution >= 0.6 is 46.7 Å². The van der Waals surface area contributed by atoms with Crippen molar-refractivity contribution >= 4 is 52.6 Å². The zero-order valence-electron chi connectivity index (χ0n) is 13.9. The van der Waals surface area contributed by atoms with Crippen molar-refractivity contribution in [3.63, 3.8) is 0 Å². The highest BCUT2D eigenvalue weighted by molar-refractivity contribution is 14.0. The molecule has 11 heteroatoms. The number of alkyl halides is 3. The van der Waals surface area contributed by atoms with Crippen LogP contribution in [0.3, 0.4) is 0 Å². The molecule has 2 aromatic heterocycles. The van der Waals surface area contributed by atoms with E-state index in [1.165, 1.54) is 0 Å². The Morgan fingerprint density at radius 2 is 2.00 bits per heavy atom. The molecule has 2 aromatic rings. The molecule has 0 fully saturated rings. The Balaban J connectivity index is 0.00000312. The van der Waals surface area contributed by atoms with Crippen molar-refractivity contribution in [3.05, 3.63) is 32.2 Å². The number of guanidine groups is 1. The summed E-state index contributed by atoms with van der Waals surface area (Å²) < 4.78 is 37.7. The highest BCUT2D eigenvalue weighted by Crippen LogP contribution is 2.30. The number of halogens is 4. The topological polar surface area (TPSA) is 53.4 Å². The quantitative estimate of drug-likeness (QED) is 0.377. The first-order valence-corrected chi connectivity index (χ1v) is 8.97. The van der Waals surface area contributed by atoms with Gasteiger partial charge in [0.2, 0.25) is 0 Å². The number of nitrogens with one attached hydrogen (secondary N) is 1. The lowest BCUT2D eigenvalue weighted by Gasteiger charge is -2.21. The molecular formula is C14H19F3IN5S2. The van der Waals surface area contributed by atoms with E-state index in [1.807, 2.05) is 31.2 Å². The largest absolute Gasteiger partial charge is 0.434 e. The first-order valence-electron chi connectivity index (χ1n) is 7.21. The van der Waals surface area contributed by atoms with E-state index in [2.05, 4.69) is 20.3 Å². The smallest absolute Gasteiger partial charge is 0.357 e. The Morgan fingerprint density at radius 3 is 2.52 bits per heavy atom. The third-order valence-corrected chi connectivity index (χ3v) is 4.62. The van der Waals surface area contributed by atoms with E-state index in [4.69, 9.17) is 0 Å². The fourth-order valence-corrected chi connectivity index (χ4v) is 3.25. The fourth-order valence-electron chi connectivity index (χ4n) is 1.92. The van der Waals surface area contributed by atoms with E-state index < -0.39 is 11.9 Å². The van der Waals surface area contributed by atoms with Crippen LogP contribution in [0.5, 0.6) is 0 Å². The SMILES string of the molecule is CCNC(=NCc1nc(C(F)(F)F)cs1)N(C)Cc1csc(C)n1.I. The standard InChI is InChI=1S/C14H18F3N5S2.HI/c1-4-18-13(22(3)6-10-7-23-9(2)20-10)19-5-12-21-11(8-24-12)14(15,16)17;/h7-8H,4-6H2,1-3H3,(H,18,19);1H. The summed E-state index contributed by atoms with van der Waals surface area (Å²) in [6, 6.07) is 0. The Labute approximate surface area is 169 Å². The van der Waals surface area contributed by atoms with Crippen molar-refractivity contribution in [1.82, 2.24) is 20.2 Å². The molecule has 0 saturated carbocycles. The predicted octanol–water partition coefficient (Wildman–Crippen LogP) is 4.14.